The Morgan fingerprint density at radius 1 is 1.31 bits per heavy atom. The van der Waals surface area contributed by atoms with Crippen LogP contribution in [0, 0.1) is 0 Å². The van der Waals surface area contributed by atoms with E-state index in [1.165, 1.54) is 5.56 Å². The normalized spacial score (nSPS) is 10.6. The molecule has 0 fully saturated rings. The Morgan fingerprint density at radius 2 is 2.19 bits per heavy atom. The maximum absolute atomic E-state index is 5.72. The minimum absolute atomic E-state index is 0.810. The maximum Gasteiger partial charge on any atom is 0.150 e. The van der Waals surface area contributed by atoms with Crippen molar-refractivity contribution in [3.05, 3.63) is 41.5 Å². The predicted octanol–water partition coefficient (Wildman–Crippen LogP) is 1.73. The van der Waals surface area contributed by atoms with Crippen LogP contribution < -0.4 is 5.73 Å². The first-order valence-electron chi connectivity index (χ1n) is 5.52. The first-order chi connectivity index (χ1) is 7.78. The zero-order valence-electron chi connectivity index (χ0n) is 9.40. The van der Waals surface area contributed by atoms with E-state index in [0.29, 0.717) is 0 Å². The molecule has 2 rings (SSSR count). The van der Waals surface area contributed by atoms with Gasteiger partial charge in [-0.25, -0.2) is 4.98 Å². The van der Waals surface area contributed by atoms with E-state index in [9.17, 15) is 0 Å². The summed E-state index contributed by atoms with van der Waals surface area (Å²) in [6, 6.07) is 7.94. The van der Waals surface area contributed by atoms with Gasteiger partial charge in [0.05, 0.1) is 0 Å². The predicted molar refractivity (Wildman–Crippen MR) is 64.0 cm³/mol. The fourth-order valence-electron chi connectivity index (χ4n) is 1.62. The van der Waals surface area contributed by atoms with Crippen LogP contribution in [0.25, 0.3) is 0 Å². The molecule has 3 N–H and O–H groups in total. The zero-order chi connectivity index (χ0) is 11.4. The average Bonchev–Trinajstić information content (AvgIpc) is 2.74. The first-order valence-corrected chi connectivity index (χ1v) is 5.52. The number of H-pyrrole nitrogens is 1. The number of hydrogen-bond donors (Lipinski definition) is 2. The molecule has 0 spiro atoms. The summed E-state index contributed by atoms with van der Waals surface area (Å²) in [6.45, 7) is 2.05. The summed E-state index contributed by atoms with van der Waals surface area (Å²) < 4.78 is 0. The highest BCUT2D eigenvalue weighted by molar-refractivity contribution is 5.40. The molecule has 2 aromatic rings. The molecule has 4 nitrogen and oxygen atoms in total. The van der Waals surface area contributed by atoms with Crippen molar-refractivity contribution in [3.63, 3.8) is 0 Å². The number of nitrogens with one attached hydrogen (secondary N) is 1. The molecule has 0 aliphatic rings. The summed E-state index contributed by atoms with van der Waals surface area (Å²) in [5, 5.41) is 7.05. The molecule has 0 amide bonds. The van der Waals surface area contributed by atoms with Crippen LogP contribution in [0.3, 0.4) is 0 Å². The van der Waals surface area contributed by atoms with Gasteiger partial charge < -0.3 is 5.73 Å². The van der Waals surface area contributed by atoms with Crippen LogP contribution in [-0.4, -0.2) is 15.2 Å². The monoisotopic (exact) mass is 216 g/mol. The van der Waals surface area contributed by atoms with Crippen molar-refractivity contribution in [1.29, 1.82) is 0 Å². The molecule has 1 aromatic heterocycles. The number of hydrogen-bond acceptors (Lipinski definition) is 3. The number of aryl methyl sites for hydroxylation is 3. The van der Waals surface area contributed by atoms with E-state index in [-0.39, 0.29) is 0 Å². The van der Waals surface area contributed by atoms with Crippen LogP contribution in [0.1, 0.15) is 24.1 Å². The number of benzene rings is 1. The Hall–Kier alpha value is -1.84. The highest BCUT2D eigenvalue weighted by Crippen LogP contribution is 2.09. The molecule has 0 radical (unpaired) electrons. The first kappa shape index (κ1) is 10.7. The lowest BCUT2D eigenvalue weighted by atomic mass is 10.1. The topological polar surface area (TPSA) is 67.6 Å². The third-order valence-electron chi connectivity index (χ3n) is 2.50. The third-order valence-corrected chi connectivity index (χ3v) is 2.50. The Bertz CT molecular complexity index is 462. The SMILES string of the molecule is CCc1n[nH]c(CCc2cccc(N)c2)n1. The van der Waals surface area contributed by atoms with Crippen molar-refractivity contribution in [2.24, 2.45) is 0 Å². The molecule has 1 aromatic carbocycles. The van der Waals surface area contributed by atoms with Crippen molar-refractivity contribution in [2.45, 2.75) is 26.2 Å². The summed E-state index contributed by atoms with van der Waals surface area (Å²) >= 11 is 0. The van der Waals surface area contributed by atoms with Gasteiger partial charge in [0.15, 0.2) is 0 Å². The van der Waals surface area contributed by atoms with Crippen LogP contribution in [0.15, 0.2) is 24.3 Å². The molecule has 0 unspecified atom stereocenters. The summed E-state index contributed by atoms with van der Waals surface area (Å²) in [5.74, 6) is 1.82. The Morgan fingerprint density at radius 3 is 2.88 bits per heavy atom. The van der Waals surface area contributed by atoms with E-state index in [1.807, 2.05) is 25.1 Å². The smallest absolute Gasteiger partial charge is 0.150 e. The van der Waals surface area contributed by atoms with Gasteiger partial charge in [0.2, 0.25) is 0 Å². The summed E-state index contributed by atoms with van der Waals surface area (Å²) in [6.07, 6.45) is 2.68. The van der Waals surface area contributed by atoms with E-state index in [1.54, 1.807) is 0 Å². The number of nitrogens with two attached hydrogens (primary N) is 1. The summed E-state index contributed by atoms with van der Waals surface area (Å²) in [4.78, 5) is 4.37. The van der Waals surface area contributed by atoms with Gasteiger partial charge in [-0.1, -0.05) is 19.1 Å². The maximum atomic E-state index is 5.72. The number of nitrogens with zero attached hydrogens (tertiary/aromatic N) is 2. The van der Waals surface area contributed by atoms with E-state index in [2.05, 4.69) is 21.2 Å². The highest BCUT2D eigenvalue weighted by Gasteiger charge is 2.01. The van der Waals surface area contributed by atoms with Crippen LogP contribution in [-0.2, 0) is 19.3 Å². The highest BCUT2D eigenvalue weighted by atomic mass is 15.2. The number of nitrogen functional groups attached to an aromatic ring is 1. The van der Waals surface area contributed by atoms with E-state index in [0.717, 1.165) is 36.6 Å². The van der Waals surface area contributed by atoms with Crippen LogP contribution in [0.5, 0.6) is 0 Å². The Kier molecular flexibility index (Phi) is 3.19. The lowest BCUT2D eigenvalue weighted by Gasteiger charge is -2.00. The fraction of sp³-hybridized carbons (Fsp3) is 0.333. The van der Waals surface area contributed by atoms with Gasteiger partial charge in [-0.15, -0.1) is 0 Å². The fourth-order valence-corrected chi connectivity index (χ4v) is 1.62. The number of aromatic nitrogens is 3. The third kappa shape index (κ3) is 2.59. The van der Waals surface area contributed by atoms with E-state index >= 15 is 0 Å². The lowest BCUT2D eigenvalue weighted by Crippen LogP contribution is -1.95. The molecular formula is C12H16N4. The van der Waals surface area contributed by atoms with Gasteiger partial charge in [-0.05, 0) is 24.1 Å². The van der Waals surface area contributed by atoms with Crippen molar-refractivity contribution < 1.29 is 0 Å². The van der Waals surface area contributed by atoms with Gasteiger partial charge in [0, 0.05) is 18.5 Å². The molecular weight excluding hydrogens is 200 g/mol. The Balaban J connectivity index is 1.96. The average molecular weight is 216 g/mol. The van der Waals surface area contributed by atoms with Crippen molar-refractivity contribution in [3.8, 4) is 0 Å². The second-order valence-electron chi connectivity index (χ2n) is 3.80. The number of anilines is 1. The van der Waals surface area contributed by atoms with Gasteiger partial charge in [0.1, 0.15) is 11.6 Å². The molecule has 0 aliphatic carbocycles. The van der Waals surface area contributed by atoms with E-state index < -0.39 is 0 Å². The molecule has 16 heavy (non-hydrogen) atoms. The lowest BCUT2D eigenvalue weighted by molar-refractivity contribution is 0.865. The van der Waals surface area contributed by atoms with Gasteiger partial charge in [-0.2, -0.15) is 5.10 Å². The van der Waals surface area contributed by atoms with Gasteiger partial charge in [0.25, 0.3) is 0 Å². The zero-order valence-corrected chi connectivity index (χ0v) is 9.40. The van der Waals surface area contributed by atoms with Crippen LogP contribution >= 0.6 is 0 Å². The molecule has 0 saturated heterocycles. The summed E-state index contributed by atoms with van der Waals surface area (Å²) in [5.41, 5.74) is 7.76. The minimum atomic E-state index is 0.810. The molecule has 0 saturated carbocycles. The molecule has 4 heteroatoms. The molecule has 84 valence electrons. The Labute approximate surface area is 94.9 Å². The molecule has 1 heterocycles. The van der Waals surface area contributed by atoms with Crippen molar-refractivity contribution in [2.75, 3.05) is 5.73 Å². The number of rotatable bonds is 4. The standard InChI is InChI=1S/C12H16N4/c1-2-11-14-12(16-15-11)7-6-9-4-3-5-10(13)8-9/h3-5,8H,2,6-7,13H2,1H3,(H,14,15,16). The van der Waals surface area contributed by atoms with Gasteiger partial charge >= 0.3 is 0 Å². The van der Waals surface area contributed by atoms with Gasteiger partial charge in [-0.3, -0.25) is 5.10 Å². The van der Waals surface area contributed by atoms with Crippen LogP contribution in [0.2, 0.25) is 0 Å². The largest absolute Gasteiger partial charge is 0.399 e. The summed E-state index contributed by atoms with van der Waals surface area (Å²) in [7, 11) is 0. The van der Waals surface area contributed by atoms with Crippen LogP contribution in [0.4, 0.5) is 5.69 Å². The quantitative estimate of drug-likeness (QED) is 0.765. The molecule has 0 atom stereocenters. The second-order valence-corrected chi connectivity index (χ2v) is 3.80. The van der Waals surface area contributed by atoms with E-state index in [4.69, 9.17) is 5.73 Å². The van der Waals surface area contributed by atoms with Crippen molar-refractivity contribution in [1.82, 2.24) is 15.2 Å². The molecule has 0 aliphatic heterocycles. The molecule has 0 bridgehead atoms. The second kappa shape index (κ2) is 4.79. The minimum Gasteiger partial charge on any atom is -0.399 e. The number of aromatic amines is 1. The van der Waals surface area contributed by atoms with Crippen molar-refractivity contribution >= 4 is 5.69 Å².